The van der Waals surface area contributed by atoms with Gasteiger partial charge >= 0.3 is 5.97 Å². The number of ketones is 1. The molecule has 1 aromatic rings. The van der Waals surface area contributed by atoms with Crippen LogP contribution < -0.4 is 0 Å². The van der Waals surface area contributed by atoms with Crippen molar-refractivity contribution in [1.82, 2.24) is 0 Å². The zero-order valence-corrected chi connectivity index (χ0v) is 8.65. The number of carbonyl (C=O) groups is 2. The van der Waals surface area contributed by atoms with Crippen molar-refractivity contribution >= 4 is 11.8 Å². The van der Waals surface area contributed by atoms with Gasteiger partial charge in [-0.05, 0) is 19.9 Å². The van der Waals surface area contributed by atoms with E-state index in [9.17, 15) is 9.59 Å². The van der Waals surface area contributed by atoms with E-state index in [-0.39, 0.29) is 11.9 Å². The smallest absolute Gasteiger partial charge is 0.341 e. The van der Waals surface area contributed by atoms with E-state index in [1.807, 2.05) is 0 Å². The zero-order valence-electron chi connectivity index (χ0n) is 8.65. The predicted octanol–water partition coefficient (Wildman–Crippen LogP) is 1.80. The van der Waals surface area contributed by atoms with Gasteiger partial charge in [0.05, 0.1) is 17.2 Å². The lowest BCUT2D eigenvalue weighted by atomic mass is 9.68. The summed E-state index contributed by atoms with van der Waals surface area (Å²) in [6.07, 6.45) is 2.74. The third-order valence-electron chi connectivity index (χ3n) is 2.90. The van der Waals surface area contributed by atoms with Crippen molar-refractivity contribution in [3.63, 3.8) is 0 Å². The number of furan rings is 1. The molecule has 0 aliphatic heterocycles. The van der Waals surface area contributed by atoms with E-state index in [0.29, 0.717) is 12.0 Å². The van der Waals surface area contributed by atoms with Crippen LogP contribution in [0.1, 0.15) is 30.6 Å². The molecule has 1 aliphatic rings. The van der Waals surface area contributed by atoms with E-state index in [2.05, 4.69) is 0 Å². The Morgan fingerprint density at radius 1 is 1.60 bits per heavy atom. The summed E-state index contributed by atoms with van der Waals surface area (Å²) in [7, 11) is 0. The van der Waals surface area contributed by atoms with Crippen LogP contribution in [-0.2, 0) is 9.53 Å². The minimum absolute atomic E-state index is 0.132. The van der Waals surface area contributed by atoms with Crippen LogP contribution in [0.25, 0.3) is 0 Å². The molecule has 1 atom stereocenters. The van der Waals surface area contributed by atoms with E-state index < -0.39 is 11.4 Å². The predicted molar refractivity (Wildman–Crippen MR) is 51.3 cm³/mol. The Balaban J connectivity index is 2.00. The van der Waals surface area contributed by atoms with E-state index >= 15 is 0 Å². The molecule has 15 heavy (non-hydrogen) atoms. The Labute approximate surface area is 87.2 Å². The van der Waals surface area contributed by atoms with Crippen LogP contribution in [0, 0.1) is 5.41 Å². The summed E-state index contributed by atoms with van der Waals surface area (Å²) in [5, 5.41) is 0. The molecule has 4 nitrogen and oxygen atoms in total. The highest BCUT2D eigenvalue weighted by molar-refractivity contribution is 5.94. The fourth-order valence-corrected chi connectivity index (χ4v) is 1.50. The van der Waals surface area contributed by atoms with E-state index in [4.69, 9.17) is 9.15 Å². The molecule has 2 rings (SSSR count). The van der Waals surface area contributed by atoms with Crippen molar-refractivity contribution in [3.05, 3.63) is 24.2 Å². The molecule has 0 spiro atoms. The first-order chi connectivity index (χ1) is 7.01. The van der Waals surface area contributed by atoms with E-state index in [0.717, 1.165) is 0 Å². The lowest BCUT2D eigenvalue weighted by Crippen LogP contribution is -2.52. The zero-order chi connectivity index (χ0) is 11.1. The molecular formula is C11H12O4. The average Bonchev–Trinajstić information content (AvgIpc) is 2.70. The summed E-state index contributed by atoms with van der Waals surface area (Å²) in [4.78, 5) is 22.7. The van der Waals surface area contributed by atoms with Gasteiger partial charge in [0.1, 0.15) is 18.2 Å². The van der Waals surface area contributed by atoms with Crippen LogP contribution in [0.2, 0.25) is 0 Å². The number of esters is 1. The van der Waals surface area contributed by atoms with Crippen LogP contribution >= 0.6 is 0 Å². The maximum atomic E-state index is 11.5. The molecule has 1 heterocycles. The molecule has 0 amide bonds. The molecular weight excluding hydrogens is 196 g/mol. The largest absolute Gasteiger partial charge is 0.472 e. The third-order valence-corrected chi connectivity index (χ3v) is 2.90. The highest BCUT2D eigenvalue weighted by Crippen LogP contribution is 2.39. The van der Waals surface area contributed by atoms with Crippen LogP contribution in [0.4, 0.5) is 0 Å². The summed E-state index contributed by atoms with van der Waals surface area (Å²) < 4.78 is 9.97. The second-order valence-electron chi connectivity index (χ2n) is 4.25. The van der Waals surface area contributed by atoms with Crippen molar-refractivity contribution in [1.29, 1.82) is 0 Å². The Hall–Kier alpha value is -1.58. The van der Waals surface area contributed by atoms with Crippen LogP contribution in [0.15, 0.2) is 23.0 Å². The van der Waals surface area contributed by atoms with Crippen molar-refractivity contribution in [2.45, 2.75) is 26.4 Å². The van der Waals surface area contributed by atoms with Gasteiger partial charge in [0.15, 0.2) is 0 Å². The summed E-state index contributed by atoms with van der Waals surface area (Å²) in [6.45, 7) is 3.57. The number of rotatable bonds is 2. The monoisotopic (exact) mass is 208 g/mol. The Kier molecular flexibility index (Phi) is 2.14. The average molecular weight is 208 g/mol. The van der Waals surface area contributed by atoms with Gasteiger partial charge in [-0.3, -0.25) is 4.79 Å². The fraction of sp³-hybridized carbons (Fsp3) is 0.455. The molecule has 1 aliphatic carbocycles. The lowest BCUT2D eigenvalue weighted by molar-refractivity contribution is -0.151. The highest BCUT2D eigenvalue weighted by atomic mass is 16.5. The number of Topliss-reactive ketones (excluding diaryl/α,β-unsaturated/α-hetero) is 1. The molecule has 1 unspecified atom stereocenters. The molecule has 1 saturated carbocycles. The van der Waals surface area contributed by atoms with Crippen LogP contribution in [0.3, 0.4) is 0 Å². The van der Waals surface area contributed by atoms with E-state index in [1.165, 1.54) is 18.6 Å². The summed E-state index contributed by atoms with van der Waals surface area (Å²) in [5.41, 5.74) is -0.162. The molecule has 0 aromatic carbocycles. The molecule has 0 radical (unpaired) electrons. The maximum absolute atomic E-state index is 11.5. The molecule has 0 saturated heterocycles. The first kappa shape index (κ1) is 9.96. The number of carbonyl (C=O) groups excluding carboxylic acids is 2. The van der Waals surface area contributed by atoms with Gasteiger partial charge < -0.3 is 9.15 Å². The molecule has 0 bridgehead atoms. The van der Waals surface area contributed by atoms with Crippen LogP contribution in [-0.4, -0.2) is 17.9 Å². The second-order valence-corrected chi connectivity index (χ2v) is 4.25. The SMILES string of the molecule is CC1(C)C(=O)CC1OC(=O)c1ccoc1. The van der Waals surface area contributed by atoms with Gasteiger partial charge in [-0.2, -0.15) is 0 Å². The summed E-state index contributed by atoms with van der Waals surface area (Å²) in [5.74, 6) is -0.304. The number of ether oxygens (including phenoxy) is 1. The van der Waals surface area contributed by atoms with Crippen molar-refractivity contribution in [2.75, 3.05) is 0 Å². The van der Waals surface area contributed by atoms with Gasteiger partial charge in [0, 0.05) is 6.42 Å². The normalized spacial score (nSPS) is 23.3. The van der Waals surface area contributed by atoms with Gasteiger partial charge in [0.2, 0.25) is 0 Å². The highest BCUT2D eigenvalue weighted by Gasteiger charge is 2.50. The van der Waals surface area contributed by atoms with Gasteiger partial charge in [-0.1, -0.05) is 0 Å². The van der Waals surface area contributed by atoms with Gasteiger partial charge in [0.25, 0.3) is 0 Å². The second kappa shape index (κ2) is 3.22. The van der Waals surface area contributed by atoms with Crippen molar-refractivity contribution in [3.8, 4) is 0 Å². The first-order valence-corrected chi connectivity index (χ1v) is 4.78. The maximum Gasteiger partial charge on any atom is 0.341 e. The topological polar surface area (TPSA) is 56.5 Å². The van der Waals surface area contributed by atoms with Crippen molar-refractivity contribution in [2.24, 2.45) is 5.41 Å². The molecule has 1 fully saturated rings. The number of hydrogen-bond acceptors (Lipinski definition) is 4. The Bertz CT molecular complexity index is 389. The van der Waals surface area contributed by atoms with Crippen molar-refractivity contribution < 1.29 is 18.7 Å². The van der Waals surface area contributed by atoms with Gasteiger partial charge in [-0.15, -0.1) is 0 Å². The molecule has 4 heteroatoms. The summed E-state index contributed by atoms with van der Waals surface area (Å²) in [6, 6.07) is 1.54. The minimum atomic E-state index is -0.542. The third kappa shape index (κ3) is 1.56. The lowest BCUT2D eigenvalue weighted by Gasteiger charge is -2.41. The van der Waals surface area contributed by atoms with Crippen LogP contribution in [0.5, 0.6) is 0 Å². The molecule has 0 N–H and O–H groups in total. The van der Waals surface area contributed by atoms with Gasteiger partial charge in [-0.25, -0.2) is 4.79 Å². The molecule has 1 aromatic heterocycles. The van der Waals surface area contributed by atoms with E-state index in [1.54, 1.807) is 13.8 Å². The Morgan fingerprint density at radius 3 is 2.80 bits per heavy atom. The quantitative estimate of drug-likeness (QED) is 0.695. The first-order valence-electron chi connectivity index (χ1n) is 4.78. The standard InChI is InChI=1S/C11H12O4/c1-11(2)8(12)5-9(11)15-10(13)7-3-4-14-6-7/h3-4,6,9H,5H2,1-2H3. The number of hydrogen-bond donors (Lipinski definition) is 0. The minimum Gasteiger partial charge on any atom is -0.472 e. The Morgan fingerprint density at radius 2 is 2.33 bits per heavy atom. The summed E-state index contributed by atoms with van der Waals surface area (Å²) >= 11 is 0. The molecule has 80 valence electrons. The fourth-order valence-electron chi connectivity index (χ4n) is 1.50.